The van der Waals surface area contributed by atoms with Gasteiger partial charge in [0.25, 0.3) is 0 Å². The van der Waals surface area contributed by atoms with Crippen LogP contribution in [-0.2, 0) is 10.0 Å². The summed E-state index contributed by atoms with van der Waals surface area (Å²) in [6, 6.07) is 8.45. The largest absolute Gasteiger partial charge is 0.497 e. The summed E-state index contributed by atoms with van der Waals surface area (Å²) in [6.45, 7) is 1.60. The van der Waals surface area contributed by atoms with Crippen molar-refractivity contribution >= 4 is 10.0 Å². The molecule has 118 valence electrons. The molecule has 0 aliphatic carbocycles. The smallest absolute Gasteiger partial charge is 0.244 e. The zero-order chi connectivity index (χ0) is 16.3. The van der Waals surface area contributed by atoms with Crippen molar-refractivity contribution in [2.24, 2.45) is 0 Å². The minimum atomic E-state index is -4.19. The number of hydrogen-bond donors (Lipinski definition) is 1. The first kappa shape index (κ1) is 16.4. The number of nitrogens with one attached hydrogen (secondary N) is 1. The summed E-state index contributed by atoms with van der Waals surface area (Å²) in [6.07, 6.45) is 0. The Kier molecular flexibility index (Phi) is 4.77. The molecule has 0 saturated carbocycles. The first-order valence-corrected chi connectivity index (χ1v) is 7.93. The third kappa shape index (κ3) is 3.61. The lowest BCUT2D eigenvalue weighted by Gasteiger charge is -2.16. The molecule has 0 aliphatic rings. The topological polar surface area (TPSA) is 55.4 Å². The SMILES string of the molecule is COc1cccc(C(C)NS(=O)(=O)c2cc(F)ccc2F)c1. The number of benzene rings is 2. The summed E-state index contributed by atoms with van der Waals surface area (Å²) in [5, 5.41) is 0. The van der Waals surface area contributed by atoms with Crippen LogP contribution in [0.3, 0.4) is 0 Å². The Bertz CT molecular complexity index is 778. The van der Waals surface area contributed by atoms with Gasteiger partial charge in [0.1, 0.15) is 22.3 Å². The van der Waals surface area contributed by atoms with E-state index in [-0.39, 0.29) is 0 Å². The van der Waals surface area contributed by atoms with Crippen molar-refractivity contribution in [2.45, 2.75) is 17.9 Å². The second kappa shape index (κ2) is 6.41. The molecule has 0 bridgehead atoms. The molecular weight excluding hydrogens is 312 g/mol. The quantitative estimate of drug-likeness (QED) is 0.918. The first-order chi connectivity index (χ1) is 10.3. The van der Waals surface area contributed by atoms with Crippen LogP contribution in [0.1, 0.15) is 18.5 Å². The third-order valence-electron chi connectivity index (χ3n) is 3.11. The van der Waals surface area contributed by atoms with E-state index < -0.39 is 32.6 Å². The molecule has 0 radical (unpaired) electrons. The second-order valence-corrected chi connectivity index (χ2v) is 6.38. The molecular formula is C15H15F2NO3S. The van der Waals surface area contributed by atoms with Gasteiger partial charge in [0.05, 0.1) is 7.11 Å². The molecule has 2 aromatic carbocycles. The summed E-state index contributed by atoms with van der Waals surface area (Å²) in [5.41, 5.74) is 0.639. The van der Waals surface area contributed by atoms with E-state index in [9.17, 15) is 17.2 Å². The number of ether oxygens (including phenoxy) is 1. The van der Waals surface area contributed by atoms with E-state index in [1.807, 2.05) is 0 Å². The van der Waals surface area contributed by atoms with Crippen molar-refractivity contribution in [2.75, 3.05) is 7.11 Å². The van der Waals surface area contributed by atoms with Gasteiger partial charge in [-0.3, -0.25) is 0 Å². The lowest BCUT2D eigenvalue weighted by atomic mass is 10.1. The van der Waals surface area contributed by atoms with Gasteiger partial charge in [-0.1, -0.05) is 12.1 Å². The predicted molar refractivity (Wildman–Crippen MR) is 78.1 cm³/mol. The monoisotopic (exact) mass is 327 g/mol. The maximum Gasteiger partial charge on any atom is 0.244 e. The molecule has 0 amide bonds. The van der Waals surface area contributed by atoms with Crippen molar-refractivity contribution < 1.29 is 21.9 Å². The first-order valence-electron chi connectivity index (χ1n) is 6.45. The Hall–Kier alpha value is -1.99. The summed E-state index contributed by atoms with van der Waals surface area (Å²) >= 11 is 0. The average Bonchev–Trinajstić information content (AvgIpc) is 2.49. The lowest BCUT2D eigenvalue weighted by Crippen LogP contribution is -2.27. The Morgan fingerprint density at radius 1 is 1.14 bits per heavy atom. The normalized spacial score (nSPS) is 12.9. The highest BCUT2D eigenvalue weighted by molar-refractivity contribution is 7.89. The highest BCUT2D eigenvalue weighted by atomic mass is 32.2. The molecule has 4 nitrogen and oxygen atoms in total. The molecule has 0 aromatic heterocycles. The number of hydrogen-bond acceptors (Lipinski definition) is 3. The van der Waals surface area contributed by atoms with Gasteiger partial charge in [-0.15, -0.1) is 0 Å². The number of halogens is 2. The maximum atomic E-state index is 13.6. The van der Waals surface area contributed by atoms with E-state index in [1.54, 1.807) is 31.2 Å². The number of methoxy groups -OCH3 is 1. The van der Waals surface area contributed by atoms with Gasteiger partial charge in [-0.25, -0.2) is 21.9 Å². The van der Waals surface area contributed by atoms with Gasteiger partial charge in [-0.05, 0) is 42.8 Å². The van der Waals surface area contributed by atoms with E-state index in [0.29, 0.717) is 17.4 Å². The highest BCUT2D eigenvalue weighted by Crippen LogP contribution is 2.22. The molecule has 0 heterocycles. The molecule has 0 fully saturated rings. The van der Waals surface area contributed by atoms with Gasteiger partial charge < -0.3 is 4.74 Å². The minimum absolute atomic E-state index is 0.570. The Balaban J connectivity index is 2.29. The fourth-order valence-electron chi connectivity index (χ4n) is 1.96. The Labute approximate surface area is 127 Å². The van der Waals surface area contributed by atoms with Crippen LogP contribution in [0, 0.1) is 11.6 Å². The molecule has 1 N–H and O–H groups in total. The zero-order valence-corrected chi connectivity index (χ0v) is 12.8. The number of sulfonamides is 1. The zero-order valence-electron chi connectivity index (χ0n) is 12.0. The highest BCUT2D eigenvalue weighted by Gasteiger charge is 2.22. The molecule has 1 atom stereocenters. The molecule has 0 aliphatic heterocycles. The van der Waals surface area contributed by atoms with Crippen LogP contribution in [0.4, 0.5) is 8.78 Å². The van der Waals surface area contributed by atoms with Crippen LogP contribution in [0.25, 0.3) is 0 Å². The number of rotatable bonds is 5. The van der Waals surface area contributed by atoms with Gasteiger partial charge in [0.2, 0.25) is 10.0 Å². The summed E-state index contributed by atoms with van der Waals surface area (Å²) in [5.74, 6) is -1.26. The molecule has 1 unspecified atom stereocenters. The van der Waals surface area contributed by atoms with E-state index in [0.717, 1.165) is 12.1 Å². The standard InChI is InChI=1S/C15H15F2NO3S/c1-10(11-4-3-5-13(8-11)21-2)18-22(19,20)15-9-12(16)6-7-14(15)17/h3-10,18H,1-2H3. The van der Waals surface area contributed by atoms with Gasteiger partial charge in [-0.2, -0.15) is 0 Å². The summed E-state index contributed by atoms with van der Waals surface area (Å²) in [7, 11) is -2.69. The van der Waals surface area contributed by atoms with Crippen molar-refractivity contribution in [1.82, 2.24) is 4.72 Å². The van der Waals surface area contributed by atoms with Crippen LogP contribution < -0.4 is 9.46 Å². The van der Waals surface area contributed by atoms with Crippen LogP contribution in [0.5, 0.6) is 5.75 Å². The van der Waals surface area contributed by atoms with Crippen LogP contribution in [-0.4, -0.2) is 15.5 Å². The van der Waals surface area contributed by atoms with Gasteiger partial charge in [0, 0.05) is 6.04 Å². The maximum absolute atomic E-state index is 13.6. The molecule has 2 aromatic rings. The van der Waals surface area contributed by atoms with Gasteiger partial charge in [0.15, 0.2) is 0 Å². The van der Waals surface area contributed by atoms with E-state index in [1.165, 1.54) is 7.11 Å². The van der Waals surface area contributed by atoms with Crippen LogP contribution >= 0.6 is 0 Å². The second-order valence-electron chi connectivity index (χ2n) is 4.69. The summed E-state index contributed by atoms with van der Waals surface area (Å²) in [4.78, 5) is -0.720. The fraction of sp³-hybridized carbons (Fsp3) is 0.200. The molecule has 7 heteroatoms. The molecule has 22 heavy (non-hydrogen) atoms. The van der Waals surface area contributed by atoms with Crippen LogP contribution in [0.2, 0.25) is 0 Å². The predicted octanol–water partition coefficient (Wildman–Crippen LogP) is 3.01. The van der Waals surface area contributed by atoms with Crippen molar-refractivity contribution in [3.8, 4) is 5.75 Å². The molecule has 0 spiro atoms. The van der Waals surface area contributed by atoms with Gasteiger partial charge >= 0.3 is 0 Å². The minimum Gasteiger partial charge on any atom is -0.497 e. The van der Waals surface area contributed by atoms with E-state index in [4.69, 9.17) is 4.74 Å². The van der Waals surface area contributed by atoms with Crippen molar-refractivity contribution in [3.05, 3.63) is 59.7 Å². The lowest BCUT2D eigenvalue weighted by molar-refractivity contribution is 0.413. The fourth-order valence-corrected chi connectivity index (χ4v) is 3.28. The summed E-state index contributed by atoms with van der Waals surface area (Å²) < 4.78 is 58.6. The third-order valence-corrected chi connectivity index (χ3v) is 4.66. The van der Waals surface area contributed by atoms with E-state index in [2.05, 4.69) is 4.72 Å². The Morgan fingerprint density at radius 3 is 2.55 bits per heavy atom. The van der Waals surface area contributed by atoms with Crippen LogP contribution in [0.15, 0.2) is 47.4 Å². The van der Waals surface area contributed by atoms with Crippen molar-refractivity contribution in [1.29, 1.82) is 0 Å². The molecule has 0 saturated heterocycles. The van der Waals surface area contributed by atoms with Crippen molar-refractivity contribution in [3.63, 3.8) is 0 Å². The average molecular weight is 327 g/mol. The Morgan fingerprint density at radius 2 is 1.86 bits per heavy atom. The molecule has 2 rings (SSSR count). The van der Waals surface area contributed by atoms with E-state index >= 15 is 0 Å².